The molecule has 0 N–H and O–H groups in total. The maximum atomic E-state index is 3.67. The second kappa shape index (κ2) is 26.0. The summed E-state index contributed by atoms with van der Waals surface area (Å²) in [6.07, 6.45) is 23.9. The van der Waals surface area contributed by atoms with Gasteiger partial charge in [-0.05, 0) is 0 Å². The van der Waals surface area contributed by atoms with Gasteiger partial charge in [0.1, 0.15) is 9.68 Å². The molecule has 0 atom stereocenters. The zero-order valence-electron chi connectivity index (χ0n) is 13.1. The van der Waals surface area contributed by atoms with Crippen LogP contribution in [0.3, 0.4) is 0 Å². The van der Waals surface area contributed by atoms with E-state index in [0.717, 1.165) is 25.9 Å². The van der Waals surface area contributed by atoms with E-state index in [4.69, 9.17) is 0 Å². The fraction of sp³-hybridized carbons (Fsp3) is 0.294. The van der Waals surface area contributed by atoms with Crippen LogP contribution in [0.5, 0.6) is 0 Å². The Balaban J connectivity index is -0.000000108. The summed E-state index contributed by atoms with van der Waals surface area (Å²) < 4.78 is 2.33. The molecule has 1 radical (unpaired) electrons. The molecule has 0 aliphatic heterocycles. The molecule has 5 heteroatoms. The number of allylic oxidation sites excluding steroid dienone is 8. The van der Waals surface area contributed by atoms with E-state index in [2.05, 4.69) is 48.6 Å². The van der Waals surface area contributed by atoms with Crippen molar-refractivity contribution in [1.29, 1.82) is 0 Å². The minimum absolute atomic E-state index is 0. The molecule has 2 aliphatic rings. The molecule has 0 saturated heterocycles. The summed E-state index contributed by atoms with van der Waals surface area (Å²) in [7, 11) is 0.425. The molecule has 2 rings (SSSR count). The first-order chi connectivity index (χ1) is 9.35. The summed E-state index contributed by atoms with van der Waals surface area (Å²) in [6.45, 7) is 11.5. The van der Waals surface area contributed by atoms with Crippen LogP contribution in [0.4, 0.5) is 0 Å². The van der Waals surface area contributed by atoms with Crippen LogP contribution in [0.1, 0.15) is 12.8 Å². The van der Waals surface area contributed by atoms with E-state index in [1.165, 1.54) is 0 Å². The SMILES string of the molecule is C=CCN(CC=C)[SiH]C.[C-]1=CC=CC1.[C-]1=CC=CC1.[Cl-].[Cl-].[Hf+4]. The summed E-state index contributed by atoms with van der Waals surface area (Å²) >= 11 is 0. The normalized spacial score (nSPS) is 11.9. The van der Waals surface area contributed by atoms with Crippen LogP contribution >= 0.6 is 0 Å². The Hall–Kier alpha value is 0.0670. The summed E-state index contributed by atoms with van der Waals surface area (Å²) in [5.74, 6) is 0. The molecule has 0 heterocycles. The van der Waals surface area contributed by atoms with Crippen LogP contribution < -0.4 is 24.8 Å². The molecule has 0 unspecified atom stereocenters. The van der Waals surface area contributed by atoms with Crippen molar-refractivity contribution in [2.75, 3.05) is 13.1 Å². The zero-order chi connectivity index (χ0) is 14.2. The number of hydrogen-bond acceptors (Lipinski definition) is 1. The molecule has 0 aromatic carbocycles. The third kappa shape index (κ3) is 22.3. The van der Waals surface area contributed by atoms with Gasteiger partial charge >= 0.3 is 25.8 Å². The summed E-state index contributed by atoms with van der Waals surface area (Å²) in [6, 6.07) is 0. The van der Waals surface area contributed by atoms with Crippen molar-refractivity contribution in [2.24, 2.45) is 0 Å². The topological polar surface area (TPSA) is 3.24 Å². The van der Waals surface area contributed by atoms with Crippen LogP contribution in [-0.4, -0.2) is 27.3 Å². The Morgan fingerprint density at radius 2 is 1.41 bits per heavy atom. The fourth-order valence-electron chi connectivity index (χ4n) is 1.30. The van der Waals surface area contributed by atoms with E-state index in [-0.39, 0.29) is 50.7 Å². The molecule has 2 aliphatic carbocycles. The molecule has 0 spiro atoms. The zero-order valence-corrected chi connectivity index (χ0v) is 19.4. The molecule has 0 aromatic heterocycles. The van der Waals surface area contributed by atoms with Crippen molar-refractivity contribution in [3.05, 3.63) is 73.9 Å². The van der Waals surface area contributed by atoms with Crippen molar-refractivity contribution >= 4 is 9.68 Å². The van der Waals surface area contributed by atoms with Crippen LogP contribution in [-0.2, 0) is 25.8 Å². The molecule has 0 fully saturated rings. The van der Waals surface area contributed by atoms with Gasteiger partial charge in [-0.1, -0.05) is 18.7 Å². The van der Waals surface area contributed by atoms with Crippen molar-refractivity contribution in [3.8, 4) is 0 Å². The van der Waals surface area contributed by atoms with Gasteiger partial charge in [0.05, 0.1) is 0 Å². The first kappa shape index (κ1) is 30.0. The third-order valence-electron chi connectivity index (χ3n) is 2.26. The van der Waals surface area contributed by atoms with Crippen molar-refractivity contribution in [3.63, 3.8) is 0 Å². The van der Waals surface area contributed by atoms with Crippen molar-refractivity contribution in [1.82, 2.24) is 4.57 Å². The first-order valence-corrected chi connectivity index (χ1v) is 8.21. The van der Waals surface area contributed by atoms with E-state index in [9.17, 15) is 0 Å². The Labute approximate surface area is 170 Å². The molecule has 22 heavy (non-hydrogen) atoms. The number of nitrogens with zero attached hydrogens (tertiary/aromatic N) is 1. The van der Waals surface area contributed by atoms with Gasteiger partial charge in [-0.2, -0.15) is 12.2 Å². The Morgan fingerprint density at radius 1 is 1.00 bits per heavy atom. The van der Waals surface area contributed by atoms with Gasteiger partial charge in [-0.15, -0.1) is 26.0 Å². The predicted molar refractivity (Wildman–Crippen MR) is 88.1 cm³/mol. The molecule has 0 bridgehead atoms. The average molecular weight is 520 g/mol. The molecule has 119 valence electrons. The largest absolute Gasteiger partial charge is 4.00 e. The Morgan fingerprint density at radius 3 is 1.55 bits per heavy atom. The van der Waals surface area contributed by atoms with Gasteiger partial charge in [-0.25, -0.2) is 24.3 Å². The van der Waals surface area contributed by atoms with Crippen LogP contribution in [0.15, 0.2) is 61.8 Å². The minimum Gasteiger partial charge on any atom is -1.00 e. The summed E-state index contributed by atoms with van der Waals surface area (Å²) in [5, 5.41) is 0. The van der Waals surface area contributed by atoms with Gasteiger partial charge in [0.2, 0.25) is 0 Å². The molecular weight excluding hydrogens is 496 g/mol. The average Bonchev–Trinajstić information content (AvgIpc) is 3.15. The number of rotatable bonds is 5. The number of hydrogen-bond donors (Lipinski definition) is 0. The number of halogens is 2. The molecule has 0 aromatic rings. The fourth-order valence-corrected chi connectivity index (χ4v) is 2.02. The molecule has 0 amide bonds. The van der Waals surface area contributed by atoms with Gasteiger partial charge in [-0.3, -0.25) is 12.2 Å². The quantitative estimate of drug-likeness (QED) is 0.224. The van der Waals surface area contributed by atoms with Crippen LogP contribution in [0, 0.1) is 12.2 Å². The Kier molecular flexibility index (Phi) is 35.4. The van der Waals surface area contributed by atoms with E-state index in [1.54, 1.807) is 0 Å². The maximum Gasteiger partial charge on any atom is 4.00 e. The summed E-state index contributed by atoms with van der Waals surface area (Å²) in [4.78, 5) is 0. The van der Waals surface area contributed by atoms with E-state index < -0.39 is 0 Å². The van der Waals surface area contributed by atoms with E-state index >= 15 is 0 Å². The Bertz CT molecular complexity index is 301. The third-order valence-corrected chi connectivity index (χ3v) is 3.42. The summed E-state index contributed by atoms with van der Waals surface area (Å²) in [5.41, 5.74) is 0. The predicted octanol–water partition coefficient (Wildman–Crippen LogP) is -2.32. The second-order valence-electron chi connectivity index (χ2n) is 3.80. The van der Waals surface area contributed by atoms with Crippen LogP contribution in [0.2, 0.25) is 6.55 Å². The van der Waals surface area contributed by atoms with Gasteiger partial charge in [0.25, 0.3) is 0 Å². The molecular formula is C17H24Cl2HfNSi. The standard InChI is InChI=1S/C7H14NSi.2C5H5.2ClH.Hf/c1-4-6-8(9-3)7-5-2;2*1-2-4-5-3-1;;;/h4-5,9H,1-2,6-7H2,3H3;2*1-3H,4H2;2*1H;/q;2*-1;;;+4/p-2. The van der Waals surface area contributed by atoms with Gasteiger partial charge in [0, 0.05) is 13.1 Å². The second-order valence-corrected chi connectivity index (χ2v) is 5.04. The van der Waals surface area contributed by atoms with Crippen LogP contribution in [0.25, 0.3) is 0 Å². The van der Waals surface area contributed by atoms with E-state index in [1.807, 2.05) is 36.5 Å². The smallest absolute Gasteiger partial charge is 1.00 e. The monoisotopic (exact) mass is 520 g/mol. The van der Waals surface area contributed by atoms with Crippen molar-refractivity contribution in [2.45, 2.75) is 19.4 Å². The van der Waals surface area contributed by atoms with Gasteiger partial charge < -0.3 is 29.4 Å². The molecule has 0 saturated carbocycles. The first-order valence-electron chi connectivity index (χ1n) is 6.54. The van der Waals surface area contributed by atoms with Crippen molar-refractivity contribution < 1.29 is 50.7 Å². The maximum absolute atomic E-state index is 3.67. The minimum atomic E-state index is 0. The molecule has 1 nitrogen and oxygen atoms in total. The van der Waals surface area contributed by atoms with Gasteiger partial charge in [0.15, 0.2) is 0 Å². The van der Waals surface area contributed by atoms with E-state index in [0.29, 0.717) is 9.68 Å².